The zero-order valence-corrected chi connectivity index (χ0v) is 16.1. The van der Waals surface area contributed by atoms with E-state index in [-0.39, 0.29) is 6.04 Å². The third-order valence-corrected chi connectivity index (χ3v) is 5.78. The van der Waals surface area contributed by atoms with Crippen LogP contribution in [0, 0.1) is 12.8 Å². The van der Waals surface area contributed by atoms with Gasteiger partial charge in [0.15, 0.2) is 0 Å². The van der Waals surface area contributed by atoms with Gasteiger partial charge in [0.25, 0.3) is 0 Å². The van der Waals surface area contributed by atoms with Gasteiger partial charge in [-0.3, -0.25) is 4.90 Å². The second kappa shape index (κ2) is 8.96. The van der Waals surface area contributed by atoms with Gasteiger partial charge in [-0.25, -0.2) is 4.79 Å². The van der Waals surface area contributed by atoms with Crippen molar-refractivity contribution in [3.8, 4) is 0 Å². The quantitative estimate of drug-likeness (QED) is 0.820. The SMILES string of the molecule is [2H]C([2H])(C1CCC(NC(N)=O)CC1)C([2H])([2H])N1CCN(c2cccc(C)c2Cl)CC1. The molecular weight excluding hydrogens is 348 g/mol. The highest BCUT2D eigenvalue weighted by Crippen LogP contribution is 2.30. The molecule has 1 saturated carbocycles. The minimum absolute atomic E-state index is 0.0527. The van der Waals surface area contributed by atoms with E-state index in [1.54, 1.807) is 4.90 Å². The van der Waals surface area contributed by atoms with E-state index < -0.39 is 24.8 Å². The highest BCUT2D eigenvalue weighted by atomic mass is 35.5. The number of rotatable bonds is 5. The van der Waals surface area contributed by atoms with Crippen LogP contribution < -0.4 is 16.0 Å². The molecule has 1 aromatic rings. The standard InChI is InChI=1S/C20H31ClN4O/c1-15-3-2-4-18(19(15)21)25-13-11-24(12-14-25)10-9-16-5-7-17(8-6-16)23-20(22)26/h2-4,16-17H,5-14H2,1H3,(H3,22,23,26)/i9D2,10D2. The van der Waals surface area contributed by atoms with Gasteiger partial charge < -0.3 is 16.0 Å². The van der Waals surface area contributed by atoms with Crippen molar-refractivity contribution in [1.82, 2.24) is 10.2 Å². The lowest BCUT2D eigenvalue weighted by Gasteiger charge is -2.37. The van der Waals surface area contributed by atoms with Crippen LogP contribution in [-0.2, 0) is 0 Å². The molecule has 0 spiro atoms. The molecule has 1 aliphatic heterocycles. The summed E-state index contributed by atoms with van der Waals surface area (Å²) in [4.78, 5) is 14.8. The third kappa shape index (κ3) is 5.04. The summed E-state index contributed by atoms with van der Waals surface area (Å²) in [5.74, 6) is -0.400. The number of carbonyl (C=O) groups excluding carboxylic acids is 1. The zero-order valence-electron chi connectivity index (χ0n) is 19.3. The highest BCUT2D eigenvalue weighted by Gasteiger charge is 2.24. The van der Waals surface area contributed by atoms with E-state index >= 15 is 0 Å². The van der Waals surface area contributed by atoms with Gasteiger partial charge in [0.05, 0.1) is 10.7 Å². The lowest BCUT2D eigenvalue weighted by atomic mass is 9.84. The Labute approximate surface area is 167 Å². The van der Waals surface area contributed by atoms with E-state index in [1.807, 2.05) is 25.1 Å². The maximum atomic E-state index is 11.0. The largest absolute Gasteiger partial charge is 0.368 e. The Hall–Kier alpha value is -1.46. The molecule has 5 nitrogen and oxygen atoms in total. The fourth-order valence-corrected chi connectivity index (χ4v) is 3.95. The number of anilines is 1. The normalized spacial score (nSPS) is 27.8. The van der Waals surface area contributed by atoms with Crippen molar-refractivity contribution in [2.24, 2.45) is 11.7 Å². The van der Waals surface area contributed by atoms with Crippen molar-refractivity contribution in [3.05, 3.63) is 28.8 Å². The van der Waals surface area contributed by atoms with Gasteiger partial charge in [0, 0.05) is 37.7 Å². The van der Waals surface area contributed by atoms with Gasteiger partial charge in [0.2, 0.25) is 0 Å². The Balaban J connectivity index is 1.63. The number of aryl methyl sites for hydroxylation is 1. The van der Waals surface area contributed by atoms with Gasteiger partial charge in [-0.05, 0) is 63.0 Å². The minimum atomic E-state index is -2.08. The third-order valence-electron chi connectivity index (χ3n) is 5.29. The second-order valence-electron chi connectivity index (χ2n) is 7.20. The minimum Gasteiger partial charge on any atom is -0.368 e. The molecule has 26 heavy (non-hydrogen) atoms. The molecule has 144 valence electrons. The number of nitrogens with one attached hydrogen (secondary N) is 1. The average Bonchev–Trinajstić information content (AvgIpc) is 2.70. The maximum absolute atomic E-state index is 11.0. The summed E-state index contributed by atoms with van der Waals surface area (Å²) in [6, 6.07) is 5.27. The number of halogens is 1. The van der Waals surface area contributed by atoms with Crippen LogP contribution in [0.5, 0.6) is 0 Å². The summed E-state index contributed by atoms with van der Waals surface area (Å²) in [6.07, 6.45) is 0.284. The van der Waals surface area contributed by atoms with E-state index in [1.165, 1.54) is 0 Å². The Bertz CT molecular complexity index is 763. The van der Waals surface area contributed by atoms with Gasteiger partial charge in [-0.1, -0.05) is 23.7 Å². The number of nitrogens with two attached hydrogens (primary N) is 1. The number of hydrogen-bond acceptors (Lipinski definition) is 3. The number of hydrogen-bond donors (Lipinski definition) is 2. The molecule has 3 rings (SSSR count). The van der Waals surface area contributed by atoms with Crippen molar-refractivity contribution in [2.45, 2.75) is 45.0 Å². The number of piperazine rings is 1. The van der Waals surface area contributed by atoms with Gasteiger partial charge >= 0.3 is 6.03 Å². The van der Waals surface area contributed by atoms with E-state index in [2.05, 4.69) is 10.2 Å². The predicted octanol–water partition coefficient (Wildman–Crippen LogP) is 3.39. The first kappa shape index (κ1) is 14.6. The number of urea groups is 1. The molecule has 3 N–H and O–H groups in total. The zero-order chi connectivity index (χ0) is 22.1. The summed E-state index contributed by atoms with van der Waals surface area (Å²) in [6.45, 7) is 1.92. The summed E-state index contributed by atoms with van der Waals surface area (Å²) in [7, 11) is 0. The molecule has 1 aromatic carbocycles. The topological polar surface area (TPSA) is 61.6 Å². The molecule has 1 saturated heterocycles. The number of nitrogens with zero attached hydrogens (tertiary/aromatic N) is 2. The van der Waals surface area contributed by atoms with Crippen LogP contribution in [0.4, 0.5) is 10.5 Å². The molecule has 0 radical (unpaired) electrons. The van der Waals surface area contributed by atoms with Crippen molar-refractivity contribution in [2.75, 3.05) is 37.6 Å². The molecule has 0 aromatic heterocycles. The van der Waals surface area contributed by atoms with E-state index in [9.17, 15) is 4.79 Å². The molecule has 2 fully saturated rings. The van der Waals surface area contributed by atoms with Crippen LogP contribution >= 0.6 is 11.6 Å². The molecule has 6 heteroatoms. The maximum Gasteiger partial charge on any atom is 0.312 e. The fourth-order valence-electron chi connectivity index (χ4n) is 3.70. The van der Waals surface area contributed by atoms with Crippen molar-refractivity contribution in [3.63, 3.8) is 0 Å². The van der Waals surface area contributed by atoms with Crippen LogP contribution in [-0.4, -0.2) is 49.6 Å². The van der Waals surface area contributed by atoms with Crippen LogP contribution in [0.25, 0.3) is 0 Å². The molecule has 1 heterocycles. The smallest absolute Gasteiger partial charge is 0.312 e. The molecule has 0 unspecified atom stereocenters. The molecule has 2 amide bonds. The van der Waals surface area contributed by atoms with Crippen molar-refractivity contribution >= 4 is 23.3 Å². The first-order chi connectivity index (χ1) is 14.0. The molecule has 2 aliphatic rings. The summed E-state index contributed by atoms with van der Waals surface area (Å²) in [5.41, 5.74) is 7.13. The Morgan fingerprint density at radius 1 is 1.27 bits per heavy atom. The summed E-state index contributed by atoms with van der Waals surface area (Å²) < 4.78 is 34.6. The lowest BCUT2D eigenvalue weighted by Crippen LogP contribution is -2.47. The average molecular weight is 383 g/mol. The van der Waals surface area contributed by atoms with E-state index in [4.69, 9.17) is 22.8 Å². The number of amides is 2. The monoisotopic (exact) mass is 382 g/mol. The number of benzene rings is 1. The fraction of sp³-hybridized carbons (Fsp3) is 0.650. The predicted molar refractivity (Wildman–Crippen MR) is 108 cm³/mol. The van der Waals surface area contributed by atoms with Crippen molar-refractivity contribution < 1.29 is 10.3 Å². The van der Waals surface area contributed by atoms with Gasteiger partial charge in [-0.15, -0.1) is 0 Å². The molecule has 0 atom stereocenters. The Morgan fingerprint density at radius 2 is 1.96 bits per heavy atom. The highest BCUT2D eigenvalue weighted by molar-refractivity contribution is 6.34. The van der Waals surface area contributed by atoms with Crippen LogP contribution in [0.1, 0.15) is 43.1 Å². The first-order valence-corrected chi connectivity index (χ1v) is 9.73. The number of primary amides is 1. The van der Waals surface area contributed by atoms with Crippen molar-refractivity contribution in [1.29, 1.82) is 0 Å². The second-order valence-corrected chi connectivity index (χ2v) is 7.57. The number of carbonyl (C=O) groups is 1. The Kier molecular flexibility index (Phi) is 5.02. The lowest BCUT2D eigenvalue weighted by molar-refractivity contribution is 0.207. The first-order valence-electron chi connectivity index (χ1n) is 11.3. The van der Waals surface area contributed by atoms with Crippen LogP contribution in [0.15, 0.2) is 18.2 Å². The van der Waals surface area contributed by atoms with Gasteiger partial charge in [-0.2, -0.15) is 0 Å². The van der Waals surface area contributed by atoms with Gasteiger partial charge in [0.1, 0.15) is 0 Å². The van der Waals surface area contributed by atoms with Crippen LogP contribution in [0.3, 0.4) is 0 Å². The summed E-state index contributed by atoms with van der Waals surface area (Å²) >= 11 is 6.45. The van der Waals surface area contributed by atoms with E-state index in [0.29, 0.717) is 56.9 Å². The Morgan fingerprint density at radius 3 is 2.62 bits per heavy atom. The molecular formula is C20H31ClN4O. The molecule has 1 aliphatic carbocycles. The van der Waals surface area contributed by atoms with E-state index in [0.717, 1.165) is 11.3 Å². The van der Waals surface area contributed by atoms with Crippen LogP contribution in [0.2, 0.25) is 5.02 Å². The molecule has 0 bridgehead atoms. The summed E-state index contributed by atoms with van der Waals surface area (Å²) in [5, 5.41) is 3.39.